The summed E-state index contributed by atoms with van der Waals surface area (Å²) in [5, 5.41) is -0.642. The van der Waals surface area contributed by atoms with Gasteiger partial charge in [-0.2, -0.15) is 0 Å². The number of carbonyl (C=O) groups is 1. The van der Waals surface area contributed by atoms with Gasteiger partial charge in [0.1, 0.15) is 17.3 Å². The van der Waals surface area contributed by atoms with Gasteiger partial charge >= 0.3 is 0 Å². The second-order valence-electron chi connectivity index (χ2n) is 6.10. The summed E-state index contributed by atoms with van der Waals surface area (Å²) in [6, 6.07) is 5.65. The number of hydrogen-bond acceptors (Lipinski definition) is 4. The summed E-state index contributed by atoms with van der Waals surface area (Å²) in [6.45, 7) is 0.239. The predicted octanol–water partition coefficient (Wildman–Crippen LogP) is 2.52. The molecule has 2 bridgehead atoms. The van der Waals surface area contributed by atoms with E-state index in [1.54, 1.807) is 0 Å². The Kier molecular flexibility index (Phi) is 4.21. The van der Waals surface area contributed by atoms with Gasteiger partial charge in [-0.1, -0.05) is 0 Å². The molecule has 2 unspecified atom stereocenters. The molecule has 0 aromatic heterocycles. The second kappa shape index (κ2) is 5.99. The molecule has 0 N–H and O–H groups in total. The van der Waals surface area contributed by atoms with Crippen molar-refractivity contribution in [1.29, 1.82) is 0 Å². The minimum Gasteiger partial charge on any atom is -0.493 e. The third-order valence-corrected chi connectivity index (χ3v) is 7.44. The van der Waals surface area contributed by atoms with Crippen molar-refractivity contribution in [1.82, 2.24) is 0 Å². The van der Waals surface area contributed by atoms with E-state index in [9.17, 15) is 17.6 Å². The lowest BCUT2D eigenvalue weighted by atomic mass is 9.93. The van der Waals surface area contributed by atoms with Gasteiger partial charge in [-0.3, -0.25) is 4.79 Å². The van der Waals surface area contributed by atoms with Crippen molar-refractivity contribution in [2.24, 2.45) is 5.92 Å². The van der Waals surface area contributed by atoms with Crippen molar-refractivity contribution >= 4 is 15.6 Å². The maximum absolute atomic E-state index is 12.8. The lowest BCUT2D eigenvalue weighted by molar-refractivity contribution is -0.123. The summed E-state index contributed by atoms with van der Waals surface area (Å²) in [4.78, 5) is 12.2. The normalized spacial score (nSPS) is 29.2. The fraction of sp³-hybridized carbons (Fsp3) is 0.562. The van der Waals surface area contributed by atoms with Crippen LogP contribution in [0.25, 0.3) is 0 Å². The third kappa shape index (κ3) is 3.02. The van der Waals surface area contributed by atoms with Crippen LogP contribution in [-0.2, 0) is 14.6 Å². The van der Waals surface area contributed by atoms with Gasteiger partial charge in [0.05, 0.1) is 17.1 Å². The van der Waals surface area contributed by atoms with Crippen LogP contribution >= 0.6 is 0 Å². The third-order valence-electron chi connectivity index (χ3n) is 4.72. The molecule has 1 aromatic carbocycles. The Bertz CT molecular complexity index is 633. The first-order chi connectivity index (χ1) is 10.5. The molecule has 2 atom stereocenters. The molecular weight excluding hydrogens is 307 g/mol. The molecule has 3 rings (SSSR count). The highest BCUT2D eigenvalue weighted by atomic mass is 32.2. The van der Waals surface area contributed by atoms with Crippen molar-refractivity contribution < 1.29 is 22.3 Å². The molecule has 0 saturated carbocycles. The SMILES string of the molecule is O=C(CCOc1ccc(F)cc1)C1CC2CCC(C1)S2(=O)=O. The van der Waals surface area contributed by atoms with Crippen LogP contribution in [-0.4, -0.2) is 31.3 Å². The van der Waals surface area contributed by atoms with Gasteiger partial charge in [-0.05, 0) is 49.9 Å². The van der Waals surface area contributed by atoms with Crippen LogP contribution in [0.1, 0.15) is 32.1 Å². The zero-order valence-electron chi connectivity index (χ0n) is 12.2. The fourth-order valence-corrected chi connectivity index (χ4v) is 5.95. The smallest absolute Gasteiger partial charge is 0.156 e. The summed E-state index contributed by atoms with van der Waals surface area (Å²) in [7, 11) is -2.98. The Labute approximate surface area is 129 Å². The zero-order valence-corrected chi connectivity index (χ0v) is 13.0. The number of carbonyl (C=O) groups excluding carboxylic acids is 1. The molecule has 0 spiro atoms. The van der Waals surface area contributed by atoms with Gasteiger partial charge in [0.2, 0.25) is 0 Å². The minimum absolute atomic E-state index is 0.0777. The molecule has 2 aliphatic heterocycles. The molecule has 2 aliphatic rings. The Morgan fingerprint density at radius 1 is 1.14 bits per heavy atom. The van der Waals surface area contributed by atoms with Gasteiger partial charge in [0.25, 0.3) is 0 Å². The second-order valence-corrected chi connectivity index (χ2v) is 8.61. The maximum atomic E-state index is 12.8. The van der Waals surface area contributed by atoms with Crippen molar-refractivity contribution in [3.63, 3.8) is 0 Å². The van der Waals surface area contributed by atoms with E-state index in [1.165, 1.54) is 24.3 Å². The van der Waals surface area contributed by atoms with E-state index in [1.807, 2.05) is 0 Å². The molecule has 120 valence electrons. The highest BCUT2D eigenvalue weighted by molar-refractivity contribution is 7.93. The van der Waals surface area contributed by atoms with E-state index in [2.05, 4.69) is 0 Å². The number of rotatable bonds is 5. The van der Waals surface area contributed by atoms with Gasteiger partial charge in [0.15, 0.2) is 9.84 Å². The minimum atomic E-state index is -2.98. The molecule has 2 fully saturated rings. The number of benzene rings is 1. The van der Waals surface area contributed by atoms with Gasteiger partial charge in [0, 0.05) is 12.3 Å². The largest absolute Gasteiger partial charge is 0.493 e. The van der Waals surface area contributed by atoms with Crippen LogP contribution in [0.5, 0.6) is 5.75 Å². The molecule has 2 heterocycles. The average molecular weight is 326 g/mol. The van der Waals surface area contributed by atoms with Crippen LogP contribution in [0, 0.1) is 11.7 Å². The summed E-state index contributed by atoms with van der Waals surface area (Å²) >= 11 is 0. The van der Waals surface area contributed by atoms with Crippen LogP contribution in [0.4, 0.5) is 4.39 Å². The van der Waals surface area contributed by atoms with E-state index in [0.717, 1.165) is 0 Å². The first-order valence-corrected chi connectivity index (χ1v) is 9.21. The van der Waals surface area contributed by atoms with Crippen LogP contribution in [0.3, 0.4) is 0 Å². The molecule has 2 saturated heterocycles. The number of ether oxygens (including phenoxy) is 1. The lowest BCUT2D eigenvalue weighted by Crippen LogP contribution is -2.36. The fourth-order valence-electron chi connectivity index (χ4n) is 3.47. The Balaban J connectivity index is 1.50. The van der Waals surface area contributed by atoms with Crippen LogP contribution in [0.15, 0.2) is 24.3 Å². The molecule has 6 heteroatoms. The Morgan fingerprint density at radius 2 is 1.73 bits per heavy atom. The predicted molar refractivity (Wildman–Crippen MR) is 80.0 cm³/mol. The van der Waals surface area contributed by atoms with Crippen LogP contribution < -0.4 is 4.74 Å². The highest BCUT2D eigenvalue weighted by Gasteiger charge is 2.48. The Morgan fingerprint density at radius 3 is 2.32 bits per heavy atom. The van der Waals surface area contributed by atoms with Crippen molar-refractivity contribution in [3.8, 4) is 5.75 Å². The summed E-state index contributed by atoms with van der Waals surface area (Å²) in [5.74, 6) is 0.120. The summed E-state index contributed by atoms with van der Waals surface area (Å²) in [5.41, 5.74) is 0. The standard InChI is InChI=1S/C16H19FO4S/c17-12-1-3-13(4-2-12)21-8-7-16(18)11-9-14-5-6-15(10-11)22(14,19)20/h1-4,11,14-15H,5-10H2. The number of halogens is 1. The molecule has 22 heavy (non-hydrogen) atoms. The number of fused-ring (bicyclic) bond motifs is 2. The maximum Gasteiger partial charge on any atom is 0.156 e. The number of sulfone groups is 1. The van der Waals surface area contributed by atoms with Crippen molar-refractivity contribution in [3.05, 3.63) is 30.1 Å². The van der Waals surface area contributed by atoms with E-state index < -0.39 is 9.84 Å². The van der Waals surface area contributed by atoms with Gasteiger partial charge in [-0.15, -0.1) is 0 Å². The number of ketones is 1. The van der Waals surface area contributed by atoms with Crippen molar-refractivity contribution in [2.75, 3.05) is 6.61 Å². The first kappa shape index (κ1) is 15.5. The molecule has 4 nitrogen and oxygen atoms in total. The van der Waals surface area contributed by atoms with E-state index >= 15 is 0 Å². The van der Waals surface area contributed by atoms with E-state index in [4.69, 9.17) is 4.74 Å². The van der Waals surface area contributed by atoms with Crippen LogP contribution in [0.2, 0.25) is 0 Å². The summed E-state index contributed by atoms with van der Waals surface area (Å²) < 4.78 is 42.2. The number of hydrogen-bond donors (Lipinski definition) is 0. The molecule has 1 aromatic rings. The summed E-state index contributed by atoms with van der Waals surface area (Å²) in [6.07, 6.45) is 2.59. The van der Waals surface area contributed by atoms with E-state index in [0.29, 0.717) is 31.4 Å². The average Bonchev–Trinajstić information content (AvgIpc) is 2.69. The Hall–Kier alpha value is -1.43. The quantitative estimate of drug-likeness (QED) is 0.834. The monoisotopic (exact) mass is 326 g/mol. The molecule has 0 amide bonds. The zero-order chi connectivity index (χ0) is 15.7. The topological polar surface area (TPSA) is 60.4 Å². The first-order valence-electron chi connectivity index (χ1n) is 7.60. The molecule has 0 aliphatic carbocycles. The van der Waals surface area contributed by atoms with Gasteiger partial charge < -0.3 is 4.74 Å². The van der Waals surface area contributed by atoms with E-state index in [-0.39, 0.29) is 41.0 Å². The van der Waals surface area contributed by atoms with Crippen molar-refractivity contribution in [2.45, 2.75) is 42.6 Å². The highest BCUT2D eigenvalue weighted by Crippen LogP contribution is 2.41. The van der Waals surface area contributed by atoms with Gasteiger partial charge in [-0.25, -0.2) is 12.8 Å². The number of Topliss-reactive ketones (excluding diaryl/α,β-unsaturated/α-hetero) is 1. The lowest BCUT2D eigenvalue weighted by Gasteiger charge is -2.26. The molecule has 0 radical (unpaired) electrons. The molecular formula is C16H19FO4S.